The van der Waals surface area contributed by atoms with Crippen LogP contribution in [0.15, 0.2) is 18.2 Å². The molecular weight excluding hydrogens is 228 g/mol. The summed E-state index contributed by atoms with van der Waals surface area (Å²) in [5, 5.41) is 21.3. The van der Waals surface area contributed by atoms with Gasteiger partial charge in [-0.15, -0.1) is 0 Å². The van der Waals surface area contributed by atoms with Crippen LogP contribution >= 0.6 is 0 Å². The van der Waals surface area contributed by atoms with Gasteiger partial charge in [-0.1, -0.05) is 13.1 Å². The summed E-state index contributed by atoms with van der Waals surface area (Å²) in [5.74, 6) is 0. The Kier molecular flexibility index (Phi) is 3.72. The molecule has 0 aliphatic carbocycles. The second kappa shape index (κ2) is 4.84. The van der Waals surface area contributed by atoms with Crippen molar-refractivity contribution in [1.29, 1.82) is 0 Å². The monoisotopic (exact) mass is 239 g/mol. The normalized spacial score (nSPS) is 10.4. The van der Waals surface area contributed by atoms with Gasteiger partial charge in [0.05, 0.1) is 15.9 Å². The van der Waals surface area contributed by atoms with E-state index in [-0.39, 0.29) is 11.4 Å². The number of nitro groups is 2. The number of nitro benzene ring substituents is 2. The van der Waals surface area contributed by atoms with Gasteiger partial charge in [-0.25, -0.2) is 0 Å². The number of benzene rings is 1. The van der Waals surface area contributed by atoms with Crippen LogP contribution in [-0.2, 0) is 6.04 Å². The minimum Gasteiger partial charge on any atom is -0.258 e. The zero-order chi connectivity index (χ0) is 12.3. The average Bonchev–Trinajstić information content (AvgIpc) is 2.16. The van der Waals surface area contributed by atoms with Crippen LogP contribution in [0.3, 0.4) is 0 Å². The summed E-state index contributed by atoms with van der Waals surface area (Å²) in [6, 6.07) is 4.46. The van der Waals surface area contributed by atoms with E-state index in [0.29, 0.717) is 11.6 Å². The molecule has 1 rings (SSSR count). The van der Waals surface area contributed by atoms with Gasteiger partial charge in [0.25, 0.3) is 11.4 Å². The van der Waals surface area contributed by atoms with Crippen molar-refractivity contribution in [3.63, 3.8) is 0 Å². The Labute approximate surface area is 93.8 Å². The van der Waals surface area contributed by atoms with E-state index in [2.05, 4.69) is 0 Å². The third-order valence-corrected chi connectivity index (χ3v) is 3.11. The maximum Gasteiger partial charge on any atom is 0.279 e. The molecule has 1 aromatic carbocycles. The van der Waals surface area contributed by atoms with Crippen molar-refractivity contribution < 1.29 is 9.85 Å². The van der Waals surface area contributed by atoms with Crippen LogP contribution in [0, 0.1) is 20.2 Å². The van der Waals surface area contributed by atoms with E-state index < -0.39 is 18.6 Å². The Balaban J connectivity index is 3.19. The van der Waals surface area contributed by atoms with Gasteiger partial charge in [-0.05, 0) is 12.1 Å². The van der Waals surface area contributed by atoms with Gasteiger partial charge in [0.1, 0.15) is 0 Å². The Morgan fingerprint density at radius 3 is 2.25 bits per heavy atom. The van der Waals surface area contributed by atoms with Crippen molar-refractivity contribution in [3.05, 3.63) is 44.0 Å². The standard InChI is InChI=1S/C9H11N2O4Si/c1-16(2)6-7-3-4-8(10(12)13)5-9(7)11(14)15/h3-5H,6H2,1-2H3. The second-order valence-corrected chi connectivity index (χ2v) is 6.48. The molecule has 0 saturated carbocycles. The molecule has 0 unspecified atom stereocenters. The molecule has 7 heteroatoms. The van der Waals surface area contributed by atoms with Gasteiger partial charge in [-0.3, -0.25) is 20.2 Å². The van der Waals surface area contributed by atoms with Crippen molar-refractivity contribution in [2.75, 3.05) is 0 Å². The number of non-ortho nitro benzene ring substituents is 1. The van der Waals surface area contributed by atoms with Crippen molar-refractivity contribution in [2.45, 2.75) is 19.1 Å². The van der Waals surface area contributed by atoms with Gasteiger partial charge in [0.2, 0.25) is 0 Å². The molecule has 1 radical (unpaired) electrons. The summed E-state index contributed by atoms with van der Waals surface area (Å²) in [6.07, 6.45) is 0. The minimum atomic E-state index is -0.649. The lowest BCUT2D eigenvalue weighted by Crippen LogP contribution is -2.08. The molecule has 0 spiro atoms. The number of rotatable bonds is 4. The smallest absolute Gasteiger partial charge is 0.258 e. The van der Waals surface area contributed by atoms with Crippen LogP contribution < -0.4 is 0 Å². The van der Waals surface area contributed by atoms with Crippen molar-refractivity contribution in [3.8, 4) is 0 Å². The summed E-state index contributed by atoms with van der Waals surface area (Å²) >= 11 is 0. The third-order valence-electron chi connectivity index (χ3n) is 2.02. The molecule has 85 valence electrons. The fourth-order valence-electron chi connectivity index (χ4n) is 1.37. The van der Waals surface area contributed by atoms with E-state index in [4.69, 9.17) is 0 Å². The topological polar surface area (TPSA) is 86.3 Å². The average molecular weight is 239 g/mol. The maximum absolute atomic E-state index is 10.8. The van der Waals surface area contributed by atoms with Gasteiger partial charge in [0, 0.05) is 20.4 Å². The lowest BCUT2D eigenvalue weighted by atomic mass is 10.2. The molecule has 0 saturated heterocycles. The first kappa shape index (κ1) is 12.3. The summed E-state index contributed by atoms with van der Waals surface area (Å²) in [6.45, 7) is 4.08. The predicted molar refractivity (Wildman–Crippen MR) is 60.9 cm³/mol. The molecule has 0 amide bonds. The number of hydrogen-bond donors (Lipinski definition) is 0. The van der Waals surface area contributed by atoms with Crippen molar-refractivity contribution in [1.82, 2.24) is 0 Å². The van der Waals surface area contributed by atoms with Gasteiger partial charge in [0.15, 0.2) is 0 Å². The highest BCUT2D eigenvalue weighted by Crippen LogP contribution is 2.25. The minimum absolute atomic E-state index is 0.152. The summed E-state index contributed by atoms with van der Waals surface area (Å²) < 4.78 is 0. The van der Waals surface area contributed by atoms with Crippen LogP contribution in [-0.4, -0.2) is 18.6 Å². The molecule has 0 atom stereocenters. The van der Waals surface area contributed by atoms with Crippen LogP contribution in [0.4, 0.5) is 11.4 Å². The maximum atomic E-state index is 10.8. The Hall–Kier alpha value is -1.76. The van der Waals surface area contributed by atoms with Gasteiger partial charge in [-0.2, -0.15) is 0 Å². The summed E-state index contributed by atoms with van der Waals surface area (Å²) in [4.78, 5) is 20.1. The van der Waals surface area contributed by atoms with Gasteiger partial charge >= 0.3 is 0 Å². The summed E-state index contributed by atoms with van der Waals surface area (Å²) in [5.41, 5.74) is 0.186. The van der Waals surface area contributed by atoms with Crippen LogP contribution in [0.5, 0.6) is 0 Å². The fourth-order valence-corrected chi connectivity index (χ4v) is 2.43. The molecule has 0 aliphatic heterocycles. The molecule has 0 heterocycles. The predicted octanol–water partition coefficient (Wildman–Crippen LogP) is 2.34. The first-order chi connectivity index (χ1) is 7.41. The first-order valence-corrected chi connectivity index (χ1v) is 7.33. The molecule has 0 fully saturated rings. The fraction of sp³-hybridized carbons (Fsp3) is 0.333. The lowest BCUT2D eigenvalue weighted by molar-refractivity contribution is -0.394. The highest BCUT2D eigenvalue weighted by Gasteiger charge is 2.19. The quantitative estimate of drug-likeness (QED) is 0.458. The number of nitrogens with zero attached hydrogens (tertiary/aromatic N) is 2. The van der Waals surface area contributed by atoms with E-state index in [1.165, 1.54) is 12.1 Å². The van der Waals surface area contributed by atoms with E-state index in [9.17, 15) is 20.2 Å². The van der Waals surface area contributed by atoms with Gasteiger partial charge < -0.3 is 0 Å². The first-order valence-electron chi connectivity index (χ1n) is 4.62. The Morgan fingerprint density at radius 1 is 1.19 bits per heavy atom. The summed E-state index contributed by atoms with van der Waals surface area (Å²) in [7, 11) is -0.649. The lowest BCUT2D eigenvalue weighted by Gasteiger charge is -2.04. The number of hydrogen-bond acceptors (Lipinski definition) is 4. The molecule has 0 aromatic heterocycles. The molecule has 16 heavy (non-hydrogen) atoms. The SMILES string of the molecule is C[Si](C)Cc1ccc([N+](=O)[O-])cc1[N+](=O)[O-]. The Morgan fingerprint density at radius 2 is 1.81 bits per heavy atom. The zero-order valence-corrected chi connectivity index (χ0v) is 9.97. The van der Waals surface area contributed by atoms with Crippen molar-refractivity contribution in [2.24, 2.45) is 0 Å². The highest BCUT2D eigenvalue weighted by atomic mass is 28.3. The van der Waals surface area contributed by atoms with Crippen molar-refractivity contribution >= 4 is 20.2 Å². The van der Waals surface area contributed by atoms with Crippen LogP contribution in [0.2, 0.25) is 13.1 Å². The third kappa shape index (κ3) is 2.86. The molecular formula is C9H11N2O4Si. The largest absolute Gasteiger partial charge is 0.279 e. The van der Waals surface area contributed by atoms with Crippen LogP contribution in [0.1, 0.15) is 5.56 Å². The van der Waals surface area contributed by atoms with E-state index >= 15 is 0 Å². The van der Waals surface area contributed by atoms with E-state index in [1.807, 2.05) is 13.1 Å². The molecule has 6 nitrogen and oxygen atoms in total. The Bertz CT molecular complexity index is 434. The highest BCUT2D eigenvalue weighted by molar-refractivity contribution is 6.55. The second-order valence-electron chi connectivity index (χ2n) is 3.71. The molecule has 0 bridgehead atoms. The molecule has 1 aromatic rings. The van der Waals surface area contributed by atoms with Crippen LogP contribution in [0.25, 0.3) is 0 Å². The molecule has 0 aliphatic rings. The van der Waals surface area contributed by atoms with E-state index in [0.717, 1.165) is 6.07 Å². The van der Waals surface area contributed by atoms with E-state index in [1.54, 1.807) is 0 Å². The molecule has 0 N–H and O–H groups in total. The zero-order valence-electron chi connectivity index (χ0n) is 8.97.